The quantitative estimate of drug-likeness (QED) is 0.700. The average molecular weight is 411 g/mol. The zero-order chi connectivity index (χ0) is 16.8. The monoisotopic (exact) mass is 409 g/mol. The van der Waals surface area contributed by atoms with Crippen LogP contribution >= 0.6 is 27.5 Å². The lowest BCUT2D eigenvalue weighted by molar-refractivity contribution is 0.110. The van der Waals surface area contributed by atoms with Gasteiger partial charge in [-0.25, -0.2) is 0 Å². The van der Waals surface area contributed by atoms with Crippen LogP contribution in [0.1, 0.15) is 24.0 Å². The molecule has 3 rings (SSSR count). The zero-order valence-electron chi connectivity index (χ0n) is 13.4. The number of halogens is 2. The van der Waals surface area contributed by atoms with E-state index in [0.29, 0.717) is 12.7 Å². The molecule has 1 fully saturated rings. The second kappa shape index (κ2) is 8.86. The number of hydrogen-bond acceptors (Lipinski definition) is 3. The first kappa shape index (κ1) is 17.7. The summed E-state index contributed by atoms with van der Waals surface area (Å²) in [7, 11) is 0. The molecule has 1 aliphatic heterocycles. The minimum absolute atomic E-state index is 0.343. The molecule has 24 heavy (non-hydrogen) atoms. The molecule has 0 spiro atoms. The highest BCUT2D eigenvalue weighted by atomic mass is 79.9. The van der Waals surface area contributed by atoms with Crippen molar-refractivity contribution in [1.29, 1.82) is 0 Å². The fraction of sp³-hybridized carbons (Fsp3) is 0.368. The van der Waals surface area contributed by atoms with Gasteiger partial charge in [0.2, 0.25) is 0 Å². The summed E-state index contributed by atoms with van der Waals surface area (Å²) in [5, 5.41) is 4.21. The number of nitrogens with one attached hydrogen (secondary N) is 1. The first-order valence-corrected chi connectivity index (χ1v) is 9.36. The Morgan fingerprint density at radius 3 is 2.79 bits per heavy atom. The summed E-state index contributed by atoms with van der Waals surface area (Å²) in [6, 6.07) is 13.8. The Kier molecular flexibility index (Phi) is 6.55. The summed E-state index contributed by atoms with van der Waals surface area (Å²) in [5.74, 6) is 0.896. The highest BCUT2D eigenvalue weighted by Gasteiger charge is 2.15. The molecular weight excluding hydrogens is 390 g/mol. The standard InChI is InChI=1S/C19H21BrClNO2/c20-16-5-8-19(24-13-14-3-6-17(21)7-4-14)15(10-16)11-22-12-18-2-1-9-23-18/h3-8,10,18,22H,1-2,9,11-13H2/t18-/m1/s1. The van der Waals surface area contributed by atoms with Gasteiger partial charge in [0.15, 0.2) is 0 Å². The molecule has 0 amide bonds. The normalized spacial score (nSPS) is 17.2. The summed E-state index contributed by atoms with van der Waals surface area (Å²) in [6.07, 6.45) is 2.65. The van der Waals surface area contributed by atoms with E-state index < -0.39 is 0 Å². The molecule has 0 aliphatic carbocycles. The summed E-state index contributed by atoms with van der Waals surface area (Å²) in [5.41, 5.74) is 2.23. The predicted molar refractivity (Wildman–Crippen MR) is 101 cm³/mol. The maximum atomic E-state index is 6.01. The third-order valence-electron chi connectivity index (χ3n) is 4.04. The van der Waals surface area contributed by atoms with E-state index in [4.69, 9.17) is 21.1 Å². The van der Waals surface area contributed by atoms with Crippen molar-refractivity contribution in [2.45, 2.75) is 32.1 Å². The van der Waals surface area contributed by atoms with Gasteiger partial charge in [-0.05, 0) is 48.7 Å². The summed E-state index contributed by atoms with van der Waals surface area (Å²) in [4.78, 5) is 0. The number of rotatable bonds is 7. The molecule has 3 nitrogen and oxygen atoms in total. The lowest BCUT2D eigenvalue weighted by Gasteiger charge is -2.15. The maximum absolute atomic E-state index is 6.01. The van der Waals surface area contributed by atoms with Crippen LogP contribution in [0.2, 0.25) is 5.02 Å². The minimum Gasteiger partial charge on any atom is -0.489 e. The number of ether oxygens (including phenoxy) is 2. The zero-order valence-corrected chi connectivity index (χ0v) is 15.8. The van der Waals surface area contributed by atoms with Gasteiger partial charge in [-0.3, -0.25) is 0 Å². The first-order valence-electron chi connectivity index (χ1n) is 8.19. The smallest absolute Gasteiger partial charge is 0.124 e. The molecule has 1 heterocycles. The summed E-state index contributed by atoms with van der Waals surface area (Å²) < 4.78 is 12.7. The van der Waals surface area contributed by atoms with E-state index in [1.165, 1.54) is 6.42 Å². The molecule has 0 aromatic heterocycles. The molecule has 1 aliphatic rings. The first-order chi connectivity index (χ1) is 11.7. The molecule has 5 heteroatoms. The summed E-state index contributed by atoms with van der Waals surface area (Å²) in [6.45, 7) is 3.05. The van der Waals surface area contributed by atoms with Gasteiger partial charge < -0.3 is 14.8 Å². The third-order valence-corrected chi connectivity index (χ3v) is 4.79. The van der Waals surface area contributed by atoms with E-state index >= 15 is 0 Å². The number of benzene rings is 2. The minimum atomic E-state index is 0.343. The van der Waals surface area contributed by atoms with Crippen molar-refractivity contribution < 1.29 is 9.47 Å². The van der Waals surface area contributed by atoms with Gasteiger partial charge in [0.25, 0.3) is 0 Å². The van der Waals surface area contributed by atoms with E-state index in [1.54, 1.807) is 0 Å². The fourth-order valence-corrected chi connectivity index (χ4v) is 3.28. The Labute approximate surface area is 156 Å². The van der Waals surface area contributed by atoms with Crippen LogP contribution in [-0.4, -0.2) is 19.3 Å². The van der Waals surface area contributed by atoms with E-state index in [2.05, 4.69) is 27.3 Å². The van der Waals surface area contributed by atoms with Crippen LogP contribution in [0.15, 0.2) is 46.9 Å². The lowest BCUT2D eigenvalue weighted by Crippen LogP contribution is -2.26. The van der Waals surface area contributed by atoms with Crippen LogP contribution in [0.25, 0.3) is 0 Å². The Morgan fingerprint density at radius 1 is 1.21 bits per heavy atom. The van der Waals surface area contributed by atoms with Crippen molar-refractivity contribution in [3.8, 4) is 5.75 Å². The molecule has 1 saturated heterocycles. The molecular formula is C19H21BrClNO2. The average Bonchev–Trinajstić information content (AvgIpc) is 3.09. The van der Waals surface area contributed by atoms with Gasteiger partial charge in [-0.2, -0.15) is 0 Å². The van der Waals surface area contributed by atoms with Crippen molar-refractivity contribution in [3.63, 3.8) is 0 Å². The van der Waals surface area contributed by atoms with Gasteiger partial charge in [0, 0.05) is 34.8 Å². The van der Waals surface area contributed by atoms with E-state index in [1.807, 2.05) is 36.4 Å². The predicted octanol–water partition coefficient (Wildman–Crippen LogP) is 4.95. The van der Waals surface area contributed by atoms with Crippen molar-refractivity contribution in [1.82, 2.24) is 5.32 Å². The highest BCUT2D eigenvalue weighted by Crippen LogP contribution is 2.24. The van der Waals surface area contributed by atoms with Crippen molar-refractivity contribution in [2.75, 3.05) is 13.2 Å². The van der Waals surface area contributed by atoms with Gasteiger partial charge >= 0.3 is 0 Å². The molecule has 1 atom stereocenters. The number of hydrogen-bond donors (Lipinski definition) is 1. The highest BCUT2D eigenvalue weighted by molar-refractivity contribution is 9.10. The van der Waals surface area contributed by atoms with Crippen LogP contribution in [-0.2, 0) is 17.9 Å². The molecule has 2 aromatic carbocycles. The summed E-state index contributed by atoms with van der Waals surface area (Å²) >= 11 is 9.45. The van der Waals surface area contributed by atoms with Crippen LogP contribution in [0, 0.1) is 0 Å². The molecule has 0 saturated carbocycles. The largest absolute Gasteiger partial charge is 0.489 e. The lowest BCUT2D eigenvalue weighted by atomic mass is 10.2. The second-order valence-corrected chi connectivity index (χ2v) is 7.29. The third kappa shape index (κ3) is 5.21. The van der Waals surface area contributed by atoms with Gasteiger partial charge in [0.05, 0.1) is 6.10 Å². The van der Waals surface area contributed by atoms with E-state index in [9.17, 15) is 0 Å². The molecule has 1 N–H and O–H groups in total. The van der Waals surface area contributed by atoms with Crippen LogP contribution in [0.5, 0.6) is 5.75 Å². The van der Waals surface area contributed by atoms with Gasteiger partial charge in [-0.15, -0.1) is 0 Å². The fourth-order valence-electron chi connectivity index (χ4n) is 2.74. The molecule has 0 unspecified atom stereocenters. The Hall–Kier alpha value is -1.07. The van der Waals surface area contributed by atoms with Crippen LogP contribution in [0.4, 0.5) is 0 Å². The van der Waals surface area contributed by atoms with Gasteiger partial charge in [-0.1, -0.05) is 39.7 Å². The molecule has 0 radical (unpaired) electrons. The maximum Gasteiger partial charge on any atom is 0.124 e. The van der Waals surface area contributed by atoms with Gasteiger partial charge in [0.1, 0.15) is 12.4 Å². The Bertz CT molecular complexity index is 657. The molecule has 128 valence electrons. The van der Waals surface area contributed by atoms with Crippen LogP contribution in [0.3, 0.4) is 0 Å². The van der Waals surface area contributed by atoms with Crippen LogP contribution < -0.4 is 10.1 Å². The Morgan fingerprint density at radius 2 is 2.04 bits per heavy atom. The molecule has 0 bridgehead atoms. The van der Waals surface area contributed by atoms with Crippen molar-refractivity contribution in [3.05, 3.63) is 63.1 Å². The Balaban J connectivity index is 1.58. The topological polar surface area (TPSA) is 30.5 Å². The van der Waals surface area contributed by atoms with Crippen molar-refractivity contribution in [2.24, 2.45) is 0 Å². The SMILES string of the molecule is Clc1ccc(COc2ccc(Br)cc2CNC[C@H]2CCCO2)cc1. The van der Waals surface area contributed by atoms with Crippen molar-refractivity contribution >= 4 is 27.5 Å². The molecule has 2 aromatic rings. The van der Waals surface area contributed by atoms with E-state index in [-0.39, 0.29) is 0 Å². The van der Waals surface area contributed by atoms with E-state index in [0.717, 1.165) is 52.5 Å². The second-order valence-electron chi connectivity index (χ2n) is 5.93.